The number of rotatable bonds is 9. The van der Waals surface area contributed by atoms with Gasteiger partial charge in [0.25, 0.3) is 0 Å². The number of hydrogen-bond donors (Lipinski definition) is 2. The molecule has 1 aliphatic rings. The summed E-state index contributed by atoms with van der Waals surface area (Å²) in [4.78, 5) is 16.1. The number of aromatic amines is 1. The van der Waals surface area contributed by atoms with Crippen molar-refractivity contribution in [2.75, 3.05) is 13.3 Å². The van der Waals surface area contributed by atoms with E-state index < -0.39 is 0 Å². The zero-order chi connectivity index (χ0) is 20.1. The number of nitrogens with one attached hydrogen (secondary N) is 2. The van der Waals surface area contributed by atoms with Crippen LogP contribution in [0.15, 0.2) is 48.7 Å². The van der Waals surface area contributed by atoms with Gasteiger partial charge in [-0.15, -0.1) is 0 Å². The van der Waals surface area contributed by atoms with E-state index >= 15 is 0 Å². The van der Waals surface area contributed by atoms with E-state index in [0.29, 0.717) is 6.42 Å². The molecule has 29 heavy (non-hydrogen) atoms. The minimum Gasteiger partial charge on any atom is -0.454 e. The molecule has 1 atom stereocenters. The van der Waals surface area contributed by atoms with Crippen LogP contribution in [0, 0.1) is 0 Å². The number of carbonyl (C=O) groups is 1. The molecule has 0 saturated carbocycles. The molecule has 4 rings (SSSR count). The summed E-state index contributed by atoms with van der Waals surface area (Å²) in [5.74, 6) is 1.44. The van der Waals surface area contributed by atoms with Gasteiger partial charge in [-0.25, -0.2) is 0 Å². The van der Waals surface area contributed by atoms with Crippen LogP contribution in [-0.2, 0) is 4.79 Å². The zero-order valence-electron chi connectivity index (χ0n) is 16.9. The van der Waals surface area contributed by atoms with Crippen LogP contribution in [0.2, 0.25) is 0 Å². The van der Waals surface area contributed by atoms with Gasteiger partial charge in [0.1, 0.15) is 0 Å². The highest BCUT2D eigenvalue weighted by molar-refractivity contribution is 5.86. The summed E-state index contributed by atoms with van der Waals surface area (Å²) in [5, 5.41) is 4.23. The van der Waals surface area contributed by atoms with Crippen LogP contribution < -0.4 is 14.8 Å². The summed E-state index contributed by atoms with van der Waals surface area (Å²) < 4.78 is 11.3. The monoisotopic (exact) mass is 392 g/mol. The van der Waals surface area contributed by atoms with E-state index in [1.54, 1.807) is 0 Å². The van der Waals surface area contributed by atoms with Crippen molar-refractivity contribution in [3.8, 4) is 11.5 Å². The predicted molar refractivity (Wildman–Crippen MR) is 114 cm³/mol. The number of hydrogen-bond acceptors (Lipinski definition) is 3. The van der Waals surface area contributed by atoms with Crippen LogP contribution in [-0.4, -0.2) is 24.2 Å². The minimum atomic E-state index is -0.113. The third kappa shape index (κ3) is 4.24. The van der Waals surface area contributed by atoms with Gasteiger partial charge < -0.3 is 19.8 Å². The average molecular weight is 392 g/mol. The summed E-state index contributed by atoms with van der Waals surface area (Å²) in [7, 11) is 0. The maximum Gasteiger partial charge on any atom is 0.231 e. The molecule has 0 bridgehead atoms. The largest absolute Gasteiger partial charge is 0.454 e. The summed E-state index contributed by atoms with van der Waals surface area (Å²) >= 11 is 0. The zero-order valence-corrected chi connectivity index (χ0v) is 16.9. The fraction of sp³-hybridized carbons (Fsp3) is 0.375. The first-order valence-electron chi connectivity index (χ1n) is 10.5. The quantitative estimate of drug-likeness (QED) is 0.497. The maximum atomic E-state index is 12.8. The third-order valence-electron chi connectivity index (χ3n) is 5.54. The molecule has 2 N–H and O–H groups in total. The Morgan fingerprint density at radius 1 is 1.07 bits per heavy atom. The molecule has 0 aliphatic carbocycles. The Labute approximate surface area is 171 Å². The number of unbranched alkanes of at least 4 members (excludes halogenated alkanes) is 3. The van der Waals surface area contributed by atoms with Crippen LogP contribution >= 0.6 is 0 Å². The van der Waals surface area contributed by atoms with E-state index in [9.17, 15) is 4.79 Å². The number of para-hydroxylation sites is 2. The second-order valence-electron chi connectivity index (χ2n) is 7.54. The number of fused-ring (bicyclic) bond motifs is 2. The van der Waals surface area contributed by atoms with Gasteiger partial charge in [0.05, 0.1) is 0 Å². The van der Waals surface area contributed by atoms with Crippen LogP contribution in [0.25, 0.3) is 10.9 Å². The standard InChI is InChI=1S/C24H28N2O3/c1-2-3-4-7-13-25-23(27)14-19(18-10-8-12-22-24(18)29-16-28-22)20-15-26-21-11-6-5-9-17(20)21/h5-6,8-12,15,19,26H,2-4,7,13-14,16H2,1H3,(H,25,27)/t19-/m0/s1. The molecule has 3 aromatic rings. The molecule has 0 unspecified atom stereocenters. The highest BCUT2D eigenvalue weighted by atomic mass is 16.7. The lowest BCUT2D eigenvalue weighted by atomic mass is 9.87. The van der Waals surface area contributed by atoms with Crippen LogP contribution in [0.4, 0.5) is 0 Å². The molecule has 0 spiro atoms. The van der Waals surface area contributed by atoms with E-state index in [1.807, 2.05) is 36.5 Å². The Hall–Kier alpha value is -2.95. The maximum absolute atomic E-state index is 12.8. The normalized spacial score (nSPS) is 13.6. The topological polar surface area (TPSA) is 63.4 Å². The molecule has 1 aliphatic heterocycles. The Kier molecular flexibility index (Phi) is 6.03. The van der Waals surface area contributed by atoms with E-state index in [4.69, 9.17) is 9.47 Å². The number of amides is 1. The molecular formula is C24H28N2O3. The summed E-state index contributed by atoms with van der Waals surface area (Å²) in [5.41, 5.74) is 3.16. The fourth-order valence-electron chi connectivity index (χ4n) is 4.03. The van der Waals surface area contributed by atoms with Gasteiger partial charge in [0, 0.05) is 41.5 Å². The van der Waals surface area contributed by atoms with Crippen molar-refractivity contribution in [2.24, 2.45) is 0 Å². The van der Waals surface area contributed by atoms with E-state index in [1.165, 1.54) is 12.8 Å². The van der Waals surface area contributed by atoms with Crippen molar-refractivity contribution in [1.29, 1.82) is 0 Å². The first-order valence-corrected chi connectivity index (χ1v) is 10.5. The van der Waals surface area contributed by atoms with E-state index in [-0.39, 0.29) is 18.6 Å². The van der Waals surface area contributed by atoms with Crippen LogP contribution in [0.5, 0.6) is 11.5 Å². The lowest BCUT2D eigenvalue weighted by molar-refractivity contribution is -0.121. The van der Waals surface area contributed by atoms with Crippen molar-refractivity contribution in [3.63, 3.8) is 0 Å². The third-order valence-corrected chi connectivity index (χ3v) is 5.54. The second-order valence-corrected chi connectivity index (χ2v) is 7.54. The molecule has 152 valence electrons. The van der Waals surface area contributed by atoms with Gasteiger partial charge in [-0.1, -0.05) is 56.5 Å². The van der Waals surface area contributed by atoms with Crippen molar-refractivity contribution in [2.45, 2.75) is 44.9 Å². The molecule has 1 aromatic heterocycles. The van der Waals surface area contributed by atoms with Gasteiger partial charge in [-0.2, -0.15) is 0 Å². The molecule has 1 amide bonds. The van der Waals surface area contributed by atoms with Gasteiger partial charge in [0.15, 0.2) is 11.5 Å². The highest BCUT2D eigenvalue weighted by Crippen LogP contribution is 2.44. The lowest BCUT2D eigenvalue weighted by Gasteiger charge is -2.19. The molecule has 0 saturated heterocycles. The van der Waals surface area contributed by atoms with E-state index in [2.05, 4.69) is 29.4 Å². The minimum absolute atomic E-state index is 0.0632. The summed E-state index contributed by atoms with van der Waals surface area (Å²) in [6.45, 7) is 3.14. The number of carbonyl (C=O) groups excluding carboxylic acids is 1. The highest BCUT2D eigenvalue weighted by Gasteiger charge is 2.28. The molecule has 2 aromatic carbocycles. The smallest absolute Gasteiger partial charge is 0.231 e. The van der Waals surface area contributed by atoms with Crippen LogP contribution in [0.1, 0.15) is 56.1 Å². The lowest BCUT2D eigenvalue weighted by Crippen LogP contribution is -2.26. The number of ether oxygens (including phenoxy) is 2. The van der Waals surface area contributed by atoms with Crippen molar-refractivity contribution in [3.05, 3.63) is 59.8 Å². The SMILES string of the molecule is CCCCCCNC(=O)C[C@@H](c1cccc2c1OCO2)c1c[nH]c2ccccc12. The van der Waals surface area contributed by atoms with Gasteiger partial charge in [0.2, 0.25) is 12.7 Å². The molecular weight excluding hydrogens is 364 g/mol. The number of H-pyrrole nitrogens is 1. The average Bonchev–Trinajstić information content (AvgIpc) is 3.39. The molecule has 0 fully saturated rings. The summed E-state index contributed by atoms with van der Waals surface area (Å²) in [6, 6.07) is 14.1. The van der Waals surface area contributed by atoms with Crippen LogP contribution in [0.3, 0.4) is 0 Å². The predicted octanol–water partition coefficient (Wildman–Crippen LogP) is 5.12. The molecule has 5 nitrogen and oxygen atoms in total. The number of aromatic nitrogens is 1. The molecule has 2 heterocycles. The first kappa shape index (κ1) is 19.4. The Morgan fingerprint density at radius 3 is 2.86 bits per heavy atom. The Balaban J connectivity index is 1.60. The molecule has 5 heteroatoms. The van der Waals surface area contributed by atoms with Gasteiger partial charge in [-0.05, 0) is 24.1 Å². The van der Waals surface area contributed by atoms with Crippen molar-refractivity contribution in [1.82, 2.24) is 10.3 Å². The van der Waals surface area contributed by atoms with E-state index in [0.717, 1.165) is 52.9 Å². The van der Waals surface area contributed by atoms with Gasteiger partial charge >= 0.3 is 0 Å². The summed E-state index contributed by atoms with van der Waals surface area (Å²) in [6.07, 6.45) is 6.96. The first-order chi connectivity index (χ1) is 14.3. The Bertz CT molecular complexity index is 979. The second kappa shape index (κ2) is 9.03. The molecule has 0 radical (unpaired) electrons. The van der Waals surface area contributed by atoms with Crippen molar-refractivity contribution < 1.29 is 14.3 Å². The Morgan fingerprint density at radius 2 is 1.97 bits per heavy atom. The fourth-order valence-corrected chi connectivity index (χ4v) is 4.03. The van der Waals surface area contributed by atoms with Crippen molar-refractivity contribution >= 4 is 16.8 Å². The number of benzene rings is 2. The van der Waals surface area contributed by atoms with Gasteiger partial charge in [-0.3, -0.25) is 4.79 Å².